The van der Waals surface area contributed by atoms with Crippen molar-refractivity contribution >= 4 is 27.5 Å². The Morgan fingerprint density at radius 1 is 1.57 bits per heavy atom. The minimum atomic E-state index is -2.65. The predicted molar refractivity (Wildman–Crippen MR) is 52.8 cm³/mol. The molecule has 1 aromatic rings. The molecular formula is C8H7BrClF2NO. The fourth-order valence-electron chi connectivity index (χ4n) is 1.01. The van der Waals surface area contributed by atoms with Gasteiger partial charge in [0, 0.05) is 17.1 Å². The van der Waals surface area contributed by atoms with Crippen molar-refractivity contribution in [1.29, 1.82) is 0 Å². The van der Waals surface area contributed by atoms with E-state index in [1.165, 1.54) is 0 Å². The summed E-state index contributed by atoms with van der Waals surface area (Å²) in [5.74, 6) is 0. The summed E-state index contributed by atoms with van der Waals surface area (Å²) in [6.45, 7) is -0.315. The van der Waals surface area contributed by atoms with Crippen molar-refractivity contribution in [3.8, 4) is 0 Å². The summed E-state index contributed by atoms with van der Waals surface area (Å²) >= 11 is 8.83. The smallest absolute Gasteiger partial charge is 0.266 e. The van der Waals surface area contributed by atoms with E-state index < -0.39 is 6.43 Å². The quantitative estimate of drug-likeness (QED) is 0.866. The Hall–Kier alpha value is -0.260. The van der Waals surface area contributed by atoms with E-state index >= 15 is 0 Å². The fraction of sp³-hybridized carbons (Fsp3) is 0.375. The molecule has 0 unspecified atom stereocenters. The van der Waals surface area contributed by atoms with E-state index in [4.69, 9.17) is 16.7 Å². The predicted octanol–water partition coefficient (Wildman–Crippen LogP) is 3.06. The zero-order valence-corrected chi connectivity index (χ0v) is 9.32. The van der Waals surface area contributed by atoms with Gasteiger partial charge < -0.3 is 5.11 Å². The van der Waals surface area contributed by atoms with E-state index in [1.807, 2.05) is 0 Å². The van der Waals surface area contributed by atoms with Crippen molar-refractivity contribution < 1.29 is 13.9 Å². The molecule has 1 heterocycles. The van der Waals surface area contributed by atoms with Crippen LogP contribution in [0.2, 0.25) is 5.02 Å². The second-order valence-corrected chi connectivity index (χ2v) is 3.48. The van der Waals surface area contributed by atoms with Crippen LogP contribution in [-0.4, -0.2) is 10.1 Å². The maximum Gasteiger partial charge on any atom is 0.266 e. The molecule has 0 aliphatic heterocycles. The van der Waals surface area contributed by atoms with Gasteiger partial charge >= 0.3 is 0 Å². The molecule has 0 amide bonds. The van der Waals surface area contributed by atoms with Crippen LogP contribution < -0.4 is 0 Å². The van der Waals surface area contributed by atoms with E-state index in [9.17, 15) is 8.78 Å². The van der Waals surface area contributed by atoms with Crippen LogP contribution in [0.1, 0.15) is 23.2 Å². The summed E-state index contributed by atoms with van der Waals surface area (Å²) in [6.07, 6.45) is -1.66. The van der Waals surface area contributed by atoms with Crippen molar-refractivity contribution in [2.75, 3.05) is 0 Å². The molecule has 0 saturated carbocycles. The lowest BCUT2D eigenvalue weighted by Crippen LogP contribution is -2.00. The van der Waals surface area contributed by atoms with Crippen LogP contribution in [-0.2, 0) is 11.9 Å². The zero-order chi connectivity index (χ0) is 10.7. The molecule has 0 saturated heterocycles. The van der Waals surface area contributed by atoms with E-state index in [-0.39, 0.29) is 22.5 Å². The van der Waals surface area contributed by atoms with Gasteiger partial charge in [0.2, 0.25) is 0 Å². The molecule has 1 N–H and O–H groups in total. The highest BCUT2D eigenvalue weighted by molar-refractivity contribution is 9.08. The third kappa shape index (κ3) is 2.21. The largest absolute Gasteiger partial charge is 0.390 e. The number of hydrogen-bond acceptors (Lipinski definition) is 2. The molecule has 0 fully saturated rings. The number of rotatable bonds is 3. The lowest BCUT2D eigenvalue weighted by atomic mass is 10.1. The molecule has 0 radical (unpaired) electrons. The van der Waals surface area contributed by atoms with Gasteiger partial charge in [0.05, 0.1) is 22.9 Å². The number of pyridine rings is 1. The summed E-state index contributed by atoms with van der Waals surface area (Å²) in [6, 6.07) is 0. The average Bonchev–Trinajstić information content (AvgIpc) is 2.16. The Morgan fingerprint density at radius 3 is 2.64 bits per heavy atom. The van der Waals surface area contributed by atoms with E-state index in [1.54, 1.807) is 0 Å². The first-order valence-corrected chi connectivity index (χ1v) is 5.22. The normalized spacial score (nSPS) is 11.0. The summed E-state index contributed by atoms with van der Waals surface area (Å²) in [7, 11) is 0. The van der Waals surface area contributed by atoms with Crippen molar-refractivity contribution in [2.24, 2.45) is 0 Å². The third-order valence-corrected chi connectivity index (χ3v) is 2.75. The molecule has 14 heavy (non-hydrogen) atoms. The SMILES string of the molecule is OCc1ncc(C(F)F)c(Cl)c1CBr. The van der Waals surface area contributed by atoms with Gasteiger partial charge in [-0.25, -0.2) is 8.78 Å². The van der Waals surface area contributed by atoms with Crippen molar-refractivity contribution in [3.05, 3.63) is 28.0 Å². The fourth-order valence-corrected chi connectivity index (χ4v) is 2.08. The Kier molecular flexibility index (Phi) is 4.22. The number of hydrogen-bond donors (Lipinski definition) is 1. The zero-order valence-electron chi connectivity index (χ0n) is 6.98. The number of aliphatic hydroxyl groups excluding tert-OH is 1. The molecule has 0 aliphatic carbocycles. The summed E-state index contributed by atoms with van der Waals surface area (Å²) in [4.78, 5) is 3.71. The highest BCUT2D eigenvalue weighted by Crippen LogP contribution is 2.31. The molecule has 1 aromatic heterocycles. The van der Waals surface area contributed by atoms with Crippen molar-refractivity contribution in [2.45, 2.75) is 18.4 Å². The maximum absolute atomic E-state index is 12.4. The molecule has 2 nitrogen and oxygen atoms in total. The molecule has 0 bridgehead atoms. The number of alkyl halides is 3. The first kappa shape index (κ1) is 11.8. The van der Waals surface area contributed by atoms with Gasteiger partial charge in [-0.1, -0.05) is 27.5 Å². The first-order valence-electron chi connectivity index (χ1n) is 3.73. The molecule has 0 spiro atoms. The van der Waals surface area contributed by atoms with Gasteiger partial charge in [-0.15, -0.1) is 0 Å². The Morgan fingerprint density at radius 2 is 2.21 bits per heavy atom. The lowest BCUT2D eigenvalue weighted by Gasteiger charge is -2.09. The van der Waals surface area contributed by atoms with Gasteiger partial charge in [0.25, 0.3) is 6.43 Å². The summed E-state index contributed by atoms with van der Waals surface area (Å²) in [5.41, 5.74) is 0.418. The second kappa shape index (κ2) is 5.00. The van der Waals surface area contributed by atoms with Crippen LogP contribution in [0.5, 0.6) is 0 Å². The van der Waals surface area contributed by atoms with Gasteiger partial charge in [0.15, 0.2) is 0 Å². The van der Waals surface area contributed by atoms with E-state index in [0.717, 1.165) is 6.20 Å². The Bertz CT molecular complexity index is 335. The average molecular weight is 287 g/mol. The minimum absolute atomic E-state index is 0.0316. The first-order chi connectivity index (χ1) is 6.61. The molecular weight excluding hydrogens is 279 g/mol. The van der Waals surface area contributed by atoms with Gasteiger partial charge in [-0.2, -0.15) is 0 Å². The molecule has 0 aromatic carbocycles. The third-order valence-electron chi connectivity index (χ3n) is 1.74. The highest BCUT2D eigenvalue weighted by Gasteiger charge is 2.17. The Balaban J connectivity index is 3.27. The number of nitrogens with zero attached hydrogens (tertiary/aromatic N) is 1. The molecule has 0 aliphatic rings. The van der Waals surface area contributed by atoms with Gasteiger partial charge in [-0.05, 0) is 0 Å². The van der Waals surface area contributed by atoms with Crippen LogP contribution in [0.4, 0.5) is 8.78 Å². The van der Waals surface area contributed by atoms with Gasteiger partial charge in [-0.3, -0.25) is 4.98 Å². The van der Waals surface area contributed by atoms with Crippen LogP contribution in [0.15, 0.2) is 6.20 Å². The molecule has 0 atom stereocenters. The van der Waals surface area contributed by atoms with Crippen LogP contribution in [0.25, 0.3) is 0 Å². The molecule has 6 heteroatoms. The number of aromatic nitrogens is 1. The maximum atomic E-state index is 12.4. The molecule has 1 rings (SSSR count). The highest BCUT2D eigenvalue weighted by atomic mass is 79.9. The van der Waals surface area contributed by atoms with Crippen LogP contribution >= 0.6 is 27.5 Å². The van der Waals surface area contributed by atoms with Crippen molar-refractivity contribution in [1.82, 2.24) is 4.98 Å². The lowest BCUT2D eigenvalue weighted by molar-refractivity contribution is 0.151. The topological polar surface area (TPSA) is 33.1 Å². The summed E-state index contributed by atoms with van der Waals surface area (Å²) < 4.78 is 24.8. The number of halogens is 4. The van der Waals surface area contributed by atoms with Gasteiger partial charge in [0.1, 0.15) is 0 Å². The standard InChI is InChI=1S/C8H7BrClF2NO/c9-1-4-6(3-14)13-2-5(7(4)10)8(11)12/h2,8,14H,1,3H2. The van der Waals surface area contributed by atoms with Crippen LogP contribution in [0.3, 0.4) is 0 Å². The van der Waals surface area contributed by atoms with Crippen LogP contribution in [0, 0.1) is 0 Å². The monoisotopic (exact) mass is 285 g/mol. The number of aliphatic hydroxyl groups is 1. The second-order valence-electron chi connectivity index (χ2n) is 2.55. The summed E-state index contributed by atoms with van der Waals surface area (Å²) in [5, 5.41) is 9.13. The minimum Gasteiger partial charge on any atom is -0.390 e. The van der Waals surface area contributed by atoms with E-state index in [2.05, 4.69) is 20.9 Å². The molecule has 78 valence electrons. The van der Waals surface area contributed by atoms with E-state index in [0.29, 0.717) is 11.3 Å². The Labute approximate surface area is 93.0 Å². The van der Waals surface area contributed by atoms with Crippen molar-refractivity contribution in [3.63, 3.8) is 0 Å².